The summed E-state index contributed by atoms with van der Waals surface area (Å²) in [5.74, 6) is 0. The van der Waals surface area contributed by atoms with E-state index in [-0.39, 0.29) is 5.56 Å². The minimum absolute atomic E-state index is 0.0574. The molecule has 2 aromatic rings. The van der Waals surface area contributed by atoms with E-state index in [1.54, 1.807) is 23.6 Å². The van der Waals surface area contributed by atoms with Crippen LogP contribution in [-0.2, 0) is 6.42 Å². The van der Waals surface area contributed by atoms with Crippen molar-refractivity contribution in [2.24, 2.45) is 0 Å². The Kier molecular flexibility index (Phi) is 4.09. The van der Waals surface area contributed by atoms with Crippen molar-refractivity contribution in [3.05, 3.63) is 40.3 Å². The predicted molar refractivity (Wildman–Crippen MR) is 70.1 cm³/mol. The molecule has 0 amide bonds. The highest BCUT2D eigenvalue weighted by atomic mass is 32.1. The molecule has 0 aliphatic carbocycles. The third-order valence-electron chi connectivity index (χ3n) is 2.47. The average molecular weight is 269 g/mol. The van der Waals surface area contributed by atoms with Gasteiger partial charge in [0.15, 0.2) is 0 Å². The molecule has 0 unspecified atom stereocenters. The highest BCUT2D eigenvalue weighted by molar-refractivity contribution is 7.09. The molecule has 2 rings (SSSR count). The Balaban J connectivity index is 1.93. The second-order valence-corrected chi connectivity index (χ2v) is 4.73. The molecule has 0 radical (unpaired) electrons. The van der Waals surface area contributed by atoms with Gasteiger partial charge in [0.25, 0.3) is 6.43 Å². The number of thiazole rings is 1. The smallest absolute Gasteiger partial charge is 0.263 e. The van der Waals surface area contributed by atoms with Crippen molar-refractivity contribution in [1.29, 1.82) is 0 Å². The van der Waals surface area contributed by atoms with E-state index in [1.165, 1.54) is 12.1 Å². The molecule has 0 aliphatic rings. The van der Waals surface area contributed by atoms with Crippen molar-refractivity contribution >= 4 is 22.7 Å². The summed E-state index contributed by atoms with van der Waals surface area (Å²) in [5, 5.41) is 6.06. The Morgan fingerprint density at radius 2 is 2.22 bits per heavy atom. The first-order chi connectivity index (χ1) is 8.66. The van der Waals surface area contributed by atoms with Gasteiger partial charge in [-0.05, 0) is 12.1 Å². The molecule has 0 spiro atoms. The fourth-order valence-corrected chi connectivity index (χ4v) is 2.18. The van der Waals surface area contributed by atoms with Crippen LogP contribution in [0.5, 0.6) is 0 Å². The van der Waals surface area contributed by atoms with E-state index < -0.39 is 6.43 Å². The SMILES string of the molecule is Nc1cc(C(F)F)ccc1NCCc1nccs1. The monoisotopic (exact) mass is 269 g/mol. The summed E-state index contributed by atoms with van der Waals surface area (Å²) < 4.78 is 24.9. The maximum Gasteiger partial charge on any atom is 0.263 e. The summed E-state index contributed by atoms with van der Waals surface area (Å²) in [4.78, 5) is 4.16. The highest BCUT2D eigenvalue weighted by Crippen LogP contribution is 2.26. The molecular weight excluding hydrogens is 256 g/mol. The fourth-order valence-electron chi connectivity index (χ4n) is 1.56. The van der Waals surface area contributed by atoms with Gasteiger partial charge in [-0.3, -0.25) is 0 Å². The third-order valence-corrected chi connectivity index (χ3v) is 3.30. The van der Waals surface area contributed by atoms with E-state index in [0.29, 0.717) is 17.9 Å². The zero-order chi connectivity index (χ0) is 13.0. The first-order valence-electron chi connectivity index (χ1n) is 5.46. The van der Waals surface area contributed by atoms with Crippen molar-refractivity contribution in [3.63, 3.8) is 0 Å². The Bertz CT molecular complexity index is 500. The lowest BCUT2D eigenvalue weighted by Gasteiger charge is -2.10. The van der Waals surface area contributed by atoms with Gasteiger partial charge in [0.2, 0.25) is 0 Å². The van der Waals surface area contributed by atoms with Gasteiger partial charge in [0, 0.05) is 30.1 Å². The maximum absolute atomic E-state index is 12.4. The first-order valence-corrected chi connectivity index (χ1v) is 6.34. The number of hydrogen-bond acceptors (Lipinski definition) is 4. The van der Waals surface area contributed by atoms with Crippen LogP contribution in [0.2, 0.25) is 0 Å². The van der Waals surface area contributed by atoms with E-state index in [1.807, 2.05) is 5.38 Å². The number of nitrogens with two attached hydrogens (primary N) is 1. The minimum Gasteiger partial charge on any atom is -0.397 e. The van der Waals surface area contributed by atoms with Gasteiger partial charge in [-0.1, -0.05) is 6.07 Å². The van der Waals surface area contributed by atoms with Crippen LogP contribution < -0.4 is 11.1 Å². The zero-order valence-electron chi connectivity index (χ0n) is 9.57. The van der Waals surface area contributed by atoms with Crippen LogP contribution in [0.4, 0.5) is 20.2 Å². The Hall–Kier alpha value is -1.69. The molecule has 1 aromatic carbocycles. The molecule has 6 heteroatoms. The van der Waals surface area contributed by atoms with Gasteiger partial charge in [-0.2, -0.15) is 0 Å². The van der Waals surface area contributed by atoms with Crippen molar-refractivity contribution in [2.75, 3.05) is 17.6 Å². The largest absolute Gasteiger partial charge is 0.397 e. The highest BCUT2D eigenvalue weighted by Gasteiger charge is 2.08. The molecule has 0 atom stereocenters. The van der Waals surface area contributed by atoms with Gasteiger partial charge in [0.1, 0.15) is 0 Å². The molecule has 0 saturated heterocycles. The second-order valence-electron chi connectivity index (χ2n) is 3.75. The molecule has 0 saturated carbocycles. The molecule has 3 N–H and O–H groups in total. The number of nitrogen functional groups attached to an aromatic ring is 1. The predicted octanol–water partition coefficient (Wildman–Crippen LogP) is 3.32. The lowest BCUT2D eigenvalue weighted by molar-refractivity contribution is 0.151. The molecule has 96 valence electrons. The van der Waals surface area contributed by atoms with Crippen LogP contribution in [0.3, 0.4) is 0 Å². The van der Waals surface area contributed by atoms with Gasteiger partial charge >= 0.3 is 0 Å². The number of halogens is 2. The number of anilines is 2. The van der Waals surface area contributed by atoms with E-state index in [0.717, 1.165) is 11.4 Å². The van der Waals surface area contributed by atoms with Crippen LogP contribution in [0.25, 0.3) is 0 Å². The minimum atomic E-state index is -2.49. The van der Waals surface area contributed by atoms with Crippen molar-refractivity contribution in [3.8, 4) is 0 Å². The van der Waals surface area contributed by atoms with E-state index in [4.69, 9.17) is 5.73 Å². The normalized spacial score (nSPS) is 10.8. The number of alkyl halides is 2. The van der Waals surface area contributed by atoms with Gasteiger partial charge < -0.3 is 11.1 Å². The summed E-state index contributed by atoms with van der Waals surface area (Å²) in [6.45, 7) is 0.672. The summed E-state index contributed by atoms with van der Waals surface area (Å²) in [5.41, 5.74) is 6.67. The second kappa shape index (κ2) is 5.77. The van der Waals surface area contributed by atoms with E-state index in [2.05, 4.69) is 10.3 Å². The van der Waals surface area contributed by atoms with E-state index in [9.17, 15) is 8.78 Å². The number of nitrogens with one attached hydrogen (secondary N) is 1. The number of benzene rings is 1. The standard InChI is InChI=1S/C12H13F2N3S/c13-12(14)8-1-2-10(9(15)7-8)16-4-3-11-17-5-6-18-11/h1-2,5-7,12,16H,3-4,15H2. The number of rotatable bonds is 5. The van der Waals surface area contributed by atoms with Crippen LogP contribution >= 0.6 is 11.3 Å². The summed E-state index contributed by atoms with van der Waals surface area (Å²) in [7, 11) is 0. The quantitative estimate of drug-likeness (QED) is 0.819. The third kappa shape index (κ3) is 3.16. The Morgan fingerprint density at radius 1 is 1.39 bits per heavy atom. The Morgan fingerprint density at radius 3 is 2.83 bits per heavy atom. The molecule has 3 nitrogen and oxygen atoms in total. The molecule has 1 aromatic heterocycles. The molecule has 0 aliphatic heterocycles. The number of nitrogens with zero attached hydrogens (tertiary/aromatic N) is 1. The molecule has 1 heterocycles. The summed E-state index contributed by atoms with van der Waals surface area (Å²) in [6, 6.07) is 4.27. The number of hydrogen-bond donors (Lipinski definition) is 2. The fraction of sp³-hybridized carbons (Fsp3) is 0.250. The van der Waals surface area contributed by atoms with Crippen LogP contribution in [0.1, 0.15) is 17.0 Å². The molecule has 18 heavy (non-hydrogen) atoms. The van der Waals surface area contributed by atoms with Gasteiger partial charge in [-0.25, -0.2) is 13.8 Å². The maximum atomic E-state index is 12.4. The van der Waals surface area contributed by atoms with E-state index >= 15 is 0 Å². The molecule has 0 bridgehead atoms. The lowest BCUT2D eigenvalue weighted by atomic mass is 10.2. The average Bonchev–Trinajstić information content (AvgIpc) is 2.84. The summed E-state index contributed by atoms with van der Waals surface area (Å²) >= 11 is 1.59. The zero-order valence-corrected chi connectivity index (χ0v) is 10.4. The van der Waals surface area contributed by atoms with Gasteiger partial charge in [-0.15, -0.1) is 11.3 Å². The Labute approximate surface area is 108 Å². The van der Waals surface area contributed by atoms with Crippen LogP contribution in [0, 0.1) is 0 Å². The van der Waals surface area contributed by atoms with Gasteiger partial charge in [0.05, 0.1) is 16.4 Å². The molecular formula is C12H13F2N3S. The topological polar surface area (TPSA) is 50.9 Å². The first kappa shape index (κ1) is 12.8. The number of aromatic nitrogens is 1. The van der Waals surface area contributed by atoms with Crippen LogP contribution in [-0.4, -0.2) is 11.5 Å². The lowest BCUT2D eigenvalue weighted by Crippen LogP contribution is -2.07. The molecule has 0 fully saturated rings. The van der Waals surface area contributed by atoms with Crippen molar-refractivity contribution in [1.82, 2.24) is 4.98 Å². The van der Waals surface area contributed by atoms with Crippen LogP contribution in [0.15, 0.2) is 29.8 Å². The van der Waals surface area contributed by atoms with Crippen molar-refractivity contribution in [2.45, 2.75) is 12.8 Å². The summed E-state index contributed by atoms with van der Waals surface area (Å²) in [6.07, 6.45) is 0.0520. The van der Waals surface area contributed by atoms with Crippen molar-refractivity contribution < 1.29 is 8.78 Å².